The molecule has 3 N–H and O–H groups in total. The summed E-state index contributed by atoms with van der Waals surface area (Å²) in [6, 6.07) is 6.80. The van der Waals surface area contributed by atoms with E-state index in [-0.39, 0.29) is 11.3 Å². The van der Waals surface area contributed by atoms with Crippen molar-refractivity contribution in [2.24, 2.45) is 0 Å². The van der Waals surface area contributed by atoms with E-state index in [1.54, 1.807) is 12.1 Å². The molecule has 7 heteroatoms. The molecule has 7 nitrogen and oxygen atoms in total. The van der Waals surface area contributed by atoms with Crippen molar-refractivity contribution in [3.8, 4) is 17.2 Å². The number of rotatable bonds is 5. The highest BCUT2D eigenvalue weighted by Gasteiger charge is 2.14. The molecular weight excluding hydrogens is 288 g/mol. The molecule has 2 rings (SSSR count). The smallest absolute Gasteiger partial charge is 0.233 e. The molecule has 1 aromatic heterocycles. The fourth-order valence-corrected chi connectivity index (χ4v) is 1.71. The van der Waals surface area contributed by atoms with Gasteiger partial charge in [-0.1, -0.05) is 0 Å². The molecule has 0 aliphatic carbocycles. The van der Waals surface area contributed by atoms with Gasteiger partial charge in [0, 0.05) is 5.56 Å². The van der Waals surface area contributed by atoms with Crippen molar-refractivity contribution in [3.05, 3.63) is 42.1 Å². The summed E-state index contributed by atoms with van der Waals surface area (Å²) in [5.74, 6) is -0.913. The van der Waals surface area contributed by atoms with Gasteiger partial charge in [-0.05, 0) is 30.3 Å². The number of benzene rings is 1. The summed E-state index contributed by atoms with van der Waals surface area (Å²) in [6.45, 7) is 0. The van der Waals surface area contributed by atoms with Crippen molar-refractivity contribution in [1.29, 1.82) is 0 Å². The lowest BCUT2D eigenvalue weighted by atomic mass is 10.1. The molecule has 1 heterocycles. The third-order valence-corrected chi connectivity index (χ3v) is 2.86. The molecule has 0 radical (unpaired) electrons. The summed E-state index contributed by atoms with van der Waals surface area (Å²) >= 11 is 0. The minimum atomic E-state index is -0.532. The van der Waals surface area contributed by atoms with Crippen LogP contribution in [0.15, 0.2) is 36.5 Å². The molecule has 2 aromatic rings. The first-order valence-corrected chi connectivity index (χ1v) is 6.34. The number of aromatic hydroxyl groups is 2. The van der Waals surface area contributed by atoms with E-state index >= 15 is 0 Å². The van der Waals surface area contributed by atoms with Gasteiger partial charge in [-0.15, -0.1) is 0 Å². The Balaban J connectivity index is 1.98. The molecule has 0 fully saturated rings. The second-order valence-electron chi connectivity index (χ2n) is 4.43. The average Bonchev–Trinajstić information content (AvgIpc) is 2.50. The molecule has 0 unspecified atom stereocenters. The van der Waals surface area contributed by atoms with Crippen LogP contribution in [0.5, 0.6) is 17.2 Å². The Kier molecular flexibility index (Phi) is 4.57. The van der Waals surface area contributed by atoms with Crippen molar-refractivity contribution in [2.45, 2.75) is 6.42 Å². The van der Waals surface area contributed by atoms with Crippen molar-refractivity contribution in [1.82, 2.24) is 4.98 Å². The zero-order chi connectivity index (χ0) is 16.1. The van der Waals surface area contributed by atoms with Gasteiger partial charge in [0.05, 0.1) is 19.7 Å². The fraction of sp³-hybridized carbons (Fsp3) is 0.133. The van der Waals surface area contributed by atoms with Gasteiger partial charge in [0.15, 0.2) is 17.3 Å². The van der Waals surface area contributed by atoms with Crippen LogP contribution in [0.25, 0.3) is 0 Å². The number of methoxy groups -OCH3 is 1. The first kappa shape index (κ1) is 15.3. The maximum absolute atomic E-state index is 11.9. The quantitative estimate of drug-likeness (QED) is 0.441. The zero-order valence-corrected chi connectivity index (χ0v) is 11.7. The van der Waals surface area contributed by atoms with Gasteiger partial charge in [-0.2, -0.15) is 0 Å². The molecule has 22 heavy (non-hydrogen) atoms. The van der Waals surface area contributed by atoms with Crippen LogP contribution < -0.4 is 10.1 Å². The summed E-state index contributed by atoms with van der Waals surface area (Å²) in [5, 5.41) is 21.0. The maximum Gasteiger partial charge on any atom is 0.233 e. The topological polar surface area (TPSA) is 109 Å². The molecular formula is C15H14N2O5. The molecule has 0 spiro atoms. The summed E-state index contributed by atoms with van der Waals surface area (Å²) < 4.78 is 4.94. The van der Waals surface area contributed by atoms with E-state index in [1.165, 1.54) is 25.4 Å². The number of hydrogen-bond donors (Lipinski definition) is 3. The number of phenols is 2. The number of nitrogens with one attached hydrogen (secondary N) is 1. The molecule has 0 aliphatic rings. The Bertz CT molecular complexity index is 698. The van der Waals surface area contributed by atoms with E-state index in [1.807, 2.05) is 0 Å². The highest BCUT2D eigenvalue weighted by molar-refractivity contribution is 6.11. The Morgan fingerprint density at radius 3 is 2.55 bits per heavy atom. The second kappa shape index (κ2) is 6.57. The Morgan fingerprint density at radius 2 is 1.95 bits per heavy atom. The van der Waals surface area contributed by atoms with E-state index < -0.39 is 23.9 Å². The summed E-state index contributed by atoms with van der Waals surface area (Å²) in [6.07, 6.45) is 1.04. The highest BCUT2D eigenvalue weighted by atomic mass is 16.5. The minimum Gasteiger partial charge on any atom is -0.504 e. The lowest BCUT2D eigenvalue weighted by Crippen LogP contribution is -2.17. The molecule has 0 saturated carbocycles. The van der Waals surface area contributed by atoms with Crippen molar-refractivity contribution in [3.63, 3.8) is 0 Å². The van der Waals surface area contributed by atoms with Gasteiger partial charge in [-0.25, -0.2) is 4.98 Å². The van der Waals surface area contributed by atoms with E-state index in [2.05, 4.69) is 10.3 Å². The van der Waals surface area contributed by atoms with Crippen molar-refractivity contribution in [2.75, 3.05) is 12.4 Å². The number of anilines is 1. The lowest BCUT2D eigenvalue weighted by Gasteiger charge is -2.06. The number of ketones is 1. The van der Waals surface area contributed by atoms with Crippen LogP contribution in [0.2, 0.25) is 0 Å². The number of hydrogen-bond acceptors (Lipinski definition) is 6. The Labute approximate surface area is 126 Å². The SMILES string of the molecule is COc1ccc(NC(=O)CC(=O)c2ccc(O)c(O)c2)nc1. The predicted octanol–water partition coefficient (Wildman–Crippen LogP) is 1.71. The van der Waals surface area contributed by atoms with Crippen LogP contribution in [-0.4, -0.2) is 34.0 Å². The van der Waals surface area contributed by atoms with Gasteiger partial charge < -0.3 is 20.3 Å². The largest absolute Gasteiger partial charge is 0.504 e. The van der Waals surface area contributed by atoms with Crippen LogP contribution in [0.3, 0.4) is 0 Å². The summed E-state index contributed by atoms with van der Waals surface area (Å²) in [4.78, 5) is 27.7. The number of ether oxygens (including phenoxy) is 1. The lowest BCUT2D eigenvalue weighted by molar-refractivity contribution is -0.115. The van der Waals surface area contributed by atoms with E-state index in [0.29, 0.717) is 11.6 Å². The second-order valence-corrected chi connectivity index (χ2v) is 4.43. The summed E-state index contributed by atoms with van der Waals surface area (Å²) in [7, 11) is 1.50. The van der Waals surface area contributed by atoms with Gasteiger partial charge in [0.2, 0.25) is 5.91 Å². The zero-order valence-electron chi connectivity index (χ0n) is 11.7. The number of carbonyl (C=O) groups excluding carboxylic acids is 2. The predicted molar refractivity (Wildman–Crippen MR) is 78.1 cm³/mol. The maximum atomic E-state index is 11.9. The minimum absolute atomic E-state index is 0.133. The van der Waals surface area contributed by atoms with Crippen LogP contribution >= 0.6 is 0 Å². The van der Waals surface area contributed by atoms with E-state index in [4.69, 9.17) is 4.74 Å². The van der Waals surface area contributed by atoms with E-state index in [0.717, 1.165) is 6.07 Å². The number of phenolic OH excluding ortho intramolecular Hbond substituents is 2. The van der Waals surface area contributed by atoms with Gasteiger partial charge in [0.1, 0.15) is 11.6 Å². The average molecular weight is 302 g/mol. The van der Waals surface area contributed by atoms with Crippen LogP contribution in [0.1, 0.15) is 16.8 Å². The first-order valence-electron chi connectivity index (χ1n) is 6.34. The molecule has 114 valence electrons. The van der Waals surface area contributed by atoms with Crippen molar-refractivity contribution >= 4 is 17.5 Å². The van der Waals surface area contributed by atoms with Crippen LogP contribution in [-0.2, 0) is 4.79 Å². The number of amides is 1. The van der Waals surface area contributed by atoms with Gasteiger partial charge in [-0.3, -0.25) is 9.59 Å². The van der Waals surface area contributed by atoms with Crippen LogP contribution in [0, 0.1) is 0 Å². The molecule has 0 saturated heterocycles. The molecule has 0 bridgehead atoms. The first-order chi connectivity index (χ1) is 10.5. The monoisotopic (exact) mass is 302 g/mol. The highest BCUT2D eigenvalue weighted by Crippen LogP contribution is 2.25. The van der Waals surface area contributed by atoms with Gasteiger partial charge >= 0.3 is 0 Å². The Hall–Kier alpha value is -3.09. The molecule has 0 aliphatic heterocycles. The fourth-order valence-electron chi connectivity index (χ4n) is 1.71. The van der Waals surface area contributed by atoms with E-state index in [9.17, 15) is 19.8 Å². The standard InChI is InChI=1S/C15H14N2O5/c1-22-10-3-5-14(16-8-10)17-15(21)7-12(19)9-2-4-11(18)13(20)6-9/h2-6,8,18,20H,7H2,1H3,(H,16,17,21). The molecule has 1 aromatic carbocycles. The number of carbonyl (C=O) groups is 2. The number of Topliss-reactive ketones (excluding diaryl/α,β-unsaturated/α-hetero) is 1. The molecule has 0 atom stereocenters. The van der Waals surface area contributed by atoms with Gasteiger partial charge in [0.25, 0.3) is 0 Å². The number of pyridine rings is 1. The molecule has 1 amide bonds. The van der Waals surface area contributed by atoms with Crippen LogP contribution in [0.4, 0.5) is 5.82 Å². The van der Waals surface area contributed by atoms with Crippen molar-refractivity contribution < 1.29 is 24.5 Å². The normalized spacial score (nSPS) is 10.0. The number of aromatic nitrogens is 1. The Morgan fingerprint density at radius 1 is 1.18 bits per heavy atom. The number of nitrogens with zero attached hydrogens (tertiary/aromatic N) is 1. The summed E-state index contributed by atoms with van der Waals surface area (Å²) in [5.41, 5.74) is 0.133. The third-order valence-electron chi connectivity index (χ3n) is 2.86. The third kappa shape index (κ3) is 3.72.